The molecule has 39 heavy (non-hydrogen) atoms. The quantitative estimate of drug-likeness (QED) is 0.542. The number of piperidine rings is 1. The molecule has 2 aromatic carbocycles. The molecular weight excluding hydrogens is 492 g/mol. The Hall–Kier alpha value is -3.23. The Morgan fingerprint density at radius 2 is 1.82 bits per heavy atom. The molecular formula is C31H42N4O4. The minimum Gasteiger partial charge on any atom is -0.371 e. The predicted octanol–water partition coefficient (Wildman–Crippen LogP) is 2.99. The first-order chi connectivity index (χ1) is 18.4. The van der Waals surface area contributed by atoms with Crippen LogP contribution >= 0.6 is 0 Å². The van der Waals surface area contributed by atoms with Gasteiger partial charge in [-0.15, -0.1) is 0 Å². The molecule has 0 radical (unpaired) electrons. The number of hydrogen-bond acceptors (Lipinski definition) is 5. The van der Waals surface area contributed by atoms with Crippen LogP contribution in [0.4, 0.5) is 0 Å². The van der Waals surface area contributed by atoms with Gasteiger partial charge in [-0.2, -0.15) is 0 Å². The second-order valence-corrected chi connectivity index (χ2v) is 11.8. The van der Waals surface area contributed by atoms with Crippen molar-refractivity contribution in [2.24, 2.45) is 11.1 Å². The minimum absolute atomic E-state index is 0.0195. The molecule has 0 aliphatic carbocycles. The van der Waals surface area contributed by atoms with Crippen molar-refractivity contribution in [3.8, 4) is 0 Å². The molecule has 3 amide bonds. The summed E-state index contributed by atoms with van der Waals surface area (Å²) in [4.78, 5) is 44.2. The van der Waals surface area contributed by atoms with Gasteiger partial charge in [-0.1, -0.05) is 60.2 Å². The molecule has 4 atom stereocenters. The number of ether oxygens (including phenoxy) is 1. The standard InChI is InChI=1S/C31H42N4O4/c1-21-12-14-24(15-13-21)25-18-34(5)29(38)31(25)16-9-17-35(20-31)27(36)26(33-28(37)30(3,4)32)22(2)39-19-23-10-7-6-8-11-23/h6-8,10-15,22,25-26H,9,16-20,32H2,1-5H3,(H,33,37)/t22-,25?,26+,31?/m0/s1. The van der Waals surface area contributed by atoms with Crippen molar-refractivity contribution >= 4 is 17.7 Å². The van der Waals surface area contributed by atoms with Crippen LogP contribution in [0.15, 0.2) is 54.6 Å². The average molecular weight is 535 g/mol. The number of likely N-dealkylation sites (tertiary alicyclic amines) is 2. The lowest BCUT2D eigenvalue weighted by Crippen LogP contribution is -2.62. The highest BCUT2D eigenvalue weighted by molar-refractivity contribution is 5.93. The number of rotatable bonds is 8. The lowest BCUT2D eigenvalue weighted by molar-refractivity contribution is -0.148. The molecule has 8 heteroatoms. The van der Waals surface area contributed by atoms with E-state index in [1.165, 1.54) is 0 Å². The van der Waals surface area contributed by atoms with Gasteiger partial charge in [0.15, 0.2) is 0 Å². The van der Waals surface area contributed by atoms with Gasteiger partial charge < -0.3 is 25.6 Å². The Labute approximate surface area is 231 Å². The van der Waals surface area contributed by atoms with Gasteiger partial charge in [0.2, 0.25) is 17.7 Å². The van der Waals surface area contributed by atoms with E-state index in [0.717, 1.165) is 16.7 Å². The summed E-state index contributed by atoms with van der Waals surface area (Å²) >= 11 is 0. The van der Waals surface area contributed by atoms with Gasteiger partial charge >= 0.3 is 0 Å². The zero-order chi connectivity index (χ0) is 28.4. The van der Waals surface area contributed by atoms with Crippen molar-refractivity contribution in [2.45, 2.75) is 70.7 Å². The van der Waals surface area contributed by atoms with E-state index < -0.39 is 29.0 Å². The maximum atomic E-state index is 14.1. The van der Waals surface area contributed by atoms with Crippen LogP contribution < -0.4 is 11.1 Å². The van der Waals surface area contributed by atoms with Crippen molar-refractivity contribution < 1.29 is 19.1 Å². The molecule has 2 aromatic rings. The molecule has 2 aliphatic heterocycles. The highest BCUT2D eigenvalue weighted by Gasteiger charge is 2.56. The SMILES string of the molecule is Cc1ccc(C2CN(C)C(=O)C23CCCN(C(=O)[C@H](NC(=O)C(C)(C)N)[C@H](C)OCc2ccccc2)C3)cc1. The number of nitrogens with one attached hydrogen (secondary N) is 1. The van der Waals surface area contributed by atoms with E-state index >= 15 is 0 Å². The molecule has 2 unspecified atom stereocenters. The second kappa shape index (κ2) is 11.5. The van der Waals surface area contributed by atoms with E-state index in [1.54, 1.807) is 30.6 Å². The second-order valence-electron chi connectivity index (χ2n) is 11.8. The van der Waals surface area contributed by atoms with E-state index in [1.807, 2.05) is 44.3 Å². The molecule has 2 fully saturated rings. The van der Waals surface area contributed by atoms with Gasteiger partial charge in [-0.3, -0.25) is 14.4 Å². The summed E-state index contributed by atoms with van der Waals surface area (Å²) in [6.45, 7) is 8.78. The molecule has 8 nitrogen and oxygen atoms in total. The van der Waals surface area contributed by atoms with E-state index in [2.05, 4.69) is 29.6 Å². The molecule has 4 rings (SSSR count). The summed E-state index contributed by atoms with van der Waals surface area (Å²) in [5, 5.41) is 2.86. The fraction of sp³-hybridized carbons (Fsp3) is 0.516. The summed E-state index contributed by atoms with van der Waals surface area (Å²) in [5.74, 6) is -0.634. The van der Waals surface area contributed by atoms with Crippen LogP contribution in [0, 0.1) is 12.3 Å². The Kier molecular flexibility index (Phi) is 8.47. The molecule has 2 heterocycles. The van der Waals surface area contributed by atoms with Crippen LogP contribution in [-0.2, 0) is 25.7 Å². The number of aryl methyl sites for hydroxylation is 1. The van der Waals surface area contributed by atoms with Gasteiger partial charge in [0.25, 0.3) is 0 Å². The van der Waals surface area contributed by atoms with Crippen LogP contribution in [0.2, 0.25) is 0 Å². The lowest BCUT2D eigenvalue weighted by Gasteiger charge is -2.43. The highest BCUT2D eigenvalue weighted by Crippen LogP contribution is 2.49. The number of carbonyl (C=O) groups excluding carboxylic acids is 3. The van der Waals surface area contributed by atoms with E-state index in [9.17, 15) is 14.4 Å². The van der Waals surface area contributed by atoms with Crippen LogP contribution in [0.5, 0.6) is 0 Å². The molecule has 210 valence electrons. The summed E-state index contributed by atoms with van der Waals surface area (Å²) in [5.41, 5.74) is 7.45. The van der Waals surface area contributed by atoms with Crippen molar-refractivity contribution in [1.82, 2.24) is 15.1 Å². The molecule has 3 N–H and O–H groups in total. The number of nitrogens with zero attached hydrogens (tertiary/aromatic N) is 2. The van der Waals surface area contributed by atoms with Gasteiger partial charge in [0.05, 0.1) is 23.7 Å². The van der Waals surface area contributed by atoms with Gasteiger partial charge in [-0.05, 0) is 51.7 Å². The first kappa shape index (κ1) is 28.8. The molecule has 0 aromatic heterocycles. The van der Waals surface area contributed by atoms with E-state index in [-0.39, 0.29) is 17.7 Å². The molecule has 2 saturated heterocycles. The first-order valence-electron chi connectivity index (χ1n) is 13.8. The fourth-order valence-electron chi connectivity index (χ4n) is 5.82. The van der Waals surface area contributed by atoms with Gasteiger partial charge in [0.1, 0.15) is 6.04 Å². The van der Waals surface area contributed by atoms with Crippen molar-refractivity contribution in [3.05, 3.63) is 71.3 Å². The van der Waals surface area contributed by atoms with Gasteiger partial charge in [-0.25, -0.2) is 0 Å². The summed E-state index contributed by atoms with van der Waals surface area (Å²) in [6.07, 6.45) is 0.804. The van der Waals surface area contributed by atoms with Crippen LogP contribution in [-0.4, -0.2) is 71.9 Å². The maximum Gasteiger partial charge on any atom is 0.247 e. The summed E-state index contributed by atoms with van der Waals surface area (Å²) in [6, 6.07) is 17.1. The highest BCUT2D eigenvalue weighted by atomic mass is 16.5. The number of carbonyl (C=O) groups is 3. The minimum atomic E-state index is -1.17. The van der Waals surface area contributed by atoms with Crippen LogP contribution in [0.25, 0.3) is 0 Å². The molecule has 1 spiro atoms. The zero-order valence-electron chi connectivity index (χ0n) is 23.8. The summed E-state index contributed by atoms with van der Waals surface area (Å²) in [7, 11) is 1.84. The van der Waals surface area contributed by atoms with Crippen molar-refractivity contribution in [3.63, 3.8) is 0 Å². The van der Waals surface area contributed by atoms with Crippen molar-refractivity contribution in [1.29, 1.82) is 0 Å². The number of benzene rings is 2. The maximum absolute atomic E-state index is 14.1. The van der Waals surface area contributed by atoms with Crippen LogP contribution in [0.1, 0.15) is 56.2 Å². The monoisotopic (exact) mass is 534 g/mol. The number of nitrogens with two attached hydrogens (primary N) is 1. The van der Waals surface area contributed by atoms with Crippen molar-refractivity contribution in [2.75, 3.05) is 26.7 Å². The van der Waals surface area contributed by atoms with Gasteiger partial charge in [0, 0.05) is 32.6 Å². The Bertz CT molecular complexity index is 1180. The lowest BCUT2D eigenvalue weighted by atomic mass is 9.69. The number of hydrogen-bond donors (Lipinski definition) is 2. The molecule has 2 aliphatic rings. The Morgan fingerprint density at radius 3 is 2.46 bits per heavy atom. The normalized spacial score (nSPS) is 23.1. The third kappa shape index (κ3) is 6.17. The summed E-state index contributed by atoms with van der Waals surface area (Å²) < 4.78 is 6.09. The van der Waals surface area contributed by atoms with Crippen LogP contribution in [0.3, 0.4) is 0 Å². The zero-order valence-corrected chi connectivity index (χ0v) is 23.8. The predicted molar refractivity (Wildman–Crippen MR) is 151 cm³/mol. The fourth-order valence-corrected chi connectivity index (χ4v) is 5.82. The smallest absolute Gasteiger partial charge is 0.247 e. The first-order valence-corrected chi connectivity index (χ1v) is 13.8. The number of amides is 3. The Morgan fingerprint density at radius 1 is 1.15 bits per heavy atom. The number of likely N-dealkylation sites (N-methyl/N-ethyl adjacent to an activating group) is 1. The molecule has 0 bridgehead atoms. The van der Waals surface area contributed by atoms with E-state index in [4.69, 9.17) is 10.5 Å². The third-order valence-corrected chi connectivity index (χ3v) is 8.17. The largest absolute Gasteiger partial charge is 0.371 e. The Balaban J connectivity index is 1.59. The topological polar surface area (TPSA) is 105 Å². The average Bonchev–Trinajstić information content (AvgIpc) is 3.15. The van der Waals surface area contributed by atoms with E-state index in [0.29, 0.717) is 39.1 Å². The third-order valence-electron chi connectivity index (χ3n) is 8.17. The molecule has 0 saturated carbocycles.